The fourth-order valence-corrected chi connectivity index (χ4v) is 4.31. The molecule has 3 aromatic carbocycles. The molecular weight excluding hydrogens is 388 g/mol. The van der Waals surface area contributed by atoms with Crippen LogP contribution in [0.1, 0.15) is 5.56 Å². The summed E-state index contributed by atoms with van der Waals surface area (Å²) in [5.74, 6) is -0.442. The molecule has 0 fully saturated rings. The minimum atomic E-state index is -3.91. The van der Waals surface area contributed by atoms with Gasteiger partial charge in [-0.1, -0.05) is 48.5 Å². The number of anilines is 2. The molecule has 0 aliphatic heterocycles. The maximum Gasteiger partial charge on any atom is 0.264 e. The van der Waals surface area contributed by atoms with Crippen LogP contribution in [-0.2, 0) is 26.2 Å². The number of amides is 1. The van der Waals surface area contributed by atoms with Gasteiger partial charge in [-0.2, -0.15) is 0 Å². The highest BCUT2D eigenvalue weighted by atomic mass is 32.2. The summed E-state index contributed by atoms with van der Waals surface area (Å²) in [6.07, 6.45) is 0. The molecule has 0 radical (unpaired) electrons. The summed E-state index contributed by atoms with van der Waals surface area (Å²) in [4.78, 5) is 12.8. The highest BCUT2D eigenvalue weighted by Gasteiger charge is 2.27. The van der Waals surface area contributed by atoms with E-state index < -0.39 is 15.9 Å². The second kappa shape index (κ2) is 9.36. The van der Waals surface area contributed by atoms with E-state index in [1.54, 1.807) is 73.8 Å². The van der Waals surface area contributed by atoms with E-state index in [0.717, 1.165) is 9.87 Å². The van der Waals surface area contributed by atoms with Crippen LogP contribution in [0.15, 0.2) is 89.8 Å². The van der Waals surface area contributed by atoms with E-state index in [4.69, 9.17) is 4.74 Å². The first-order valence-electron chi connectivity index (χ1n) is 9.01. The quantitative estimate of drug-likeness (QED) is 0.615. The van der Waals surface area contributed by atoms with Crippen molar-refractivity contribution < 1.29 is 17.9 Å². The van der Waals surface area contributed by atoms with Gasteiger partial charge in [0.15, 0.2) is 0 Å². The minimum absolute atomic E-state index is 0.124. The van der Waals surface area contributed by atoms with Crippen LogP contribution >= 0.6 is 0 Å². The largest absolute Gasteiger partial charge is 0.380 e. The Hall–Kier alpha value is -3.16. The monoisotopic (exact) mass is 410 g/mol. The van der Waals surface area contributed by atoms with Crippen molar-refractivity contribution in [2.24, 2.45) is 0 Å². The number of para-hydroxylation sites is 1. The van der Waals surface area contributed by atoms with Crippen molar-refractivity contribution in [2.75, 3.05) is 23.3 Å². The normalized spacial score (nSPS) is 11.1. The molecule has 3 aromatic rings. The highest BCUT2D eigenvalue weighted by molar-refractivity contribution is 7.92. The lowest BCUT2D eigenvalue weighted by atomic mass is 10.2. The van der Waals surface area contributed by atoms with Gasteiger partial charge in [0, 0.05) is 12.8 Å². The zero-order valence-electron chi connectivity index (χ0n) is 16.0. The van der Waals surface area contributed by atoms with Crippen LogP contribution in [0.25, 0.3) is 0 Å². The van der Waals surface area contributed by atoms with Crippen molar-refractivity contribution in [3.8, 4) is 0 Å². The average molecular weight is 410 g/mol. The Labute approximate surface area is 170 Å². The third-order valence-corrected chi connectivity index (χ3v) is 5.97. The van der Waals surface area contributed by atoms with Crippen molar-refractivity contribution in [1.29, 1.82) is 0 Å². The Kier molecular flexibility index (Phi) is 6.64. The first kappa shape index (κ1) is 20.6. The molecule has 150 valence electrons. The Morgan fingerprint density at radius 3 is 2.24 bits per heavy atom. The Morgan fingerprint density at radius 2 is 1.59 bits per heavy atom. The summed E-state index contributed by atoms with van der Waals surface area (Å²) in [7, 11) is -2.31. The van der Waals surface area contributed by atoms with Crippen molar-refractivity contribution in [3.63, 3.8) is 0 Å². The molecule has 0 saturated carbocycles. The molecule has 0 spiro atoms. The molecule has 1 N–H and O–H groups in total. The molecule has 0 saturated heterocycles. The molecule has 0 bridgehead atoms. The van der Waals surface area contributed by atoms with Gasteiger partial charge in [-0.05, 0) is 42.0 Å². The Morgan fingerprint density at radius 1 is 0.931 bits per heavy atom. The van der Waals surface area contributed by atoms with E-state index in [9.17, 15) is 13.2 Å². The predicted octanol–water partition coefficient (Wildman–Crippen LogP) is 3.67. The van der Waals surface area contributed by atoms with Crippen LogP contribution in [0, 0.1) is 0 Å². The van der Waals surface area contributed by atoms with Crippen LogP contribution in [0.4, 0.5) is 11.4 Å². The van der Waals surface area contributed by atoms with Crippen LogP contribution in [0.3, 0.4) is 0 Å². The average Bonchev–Trinajstić information content (AvgIpc) is 2.74. The molecule has 0 aliphatic carbocycles. The number of ether oxygens (including phenoxy) is 1. The number of methoxy groups -OCH3 is 1. The fourth-order valence-electron chi connectivity index (χ4n) is 2.87. The van der Waals surface area contributed by atoms with Crippen molar-refractivity contribution in [1.82, 2.24) is 0 Å². The number of hydrogen-bond acceptors (Lipinski definition) is 4. The summed E-state index contributed by atoms with van der Waals surface area (Å²) < 4.78 is 32.6. The summed E-state index contributed by atoms with van der Waals surface area (Å²) in [6.45, 7) is 0.0674. The second-order valence-corrected chi connectivity index (χ2v) is 8.20. The van der Waals surface area contributed by atoms with E-state index in [0.29, 0.717) is 18.0 Å². The zero-order chi connectivity index (χ0) is 20.7. The zero-order valence-corrected chi connectivity index (χ0v) is 16.8. The SMILES string of the molecule is COCc1cccc(NC(=O)CN(c2ccccc2)S(=O)(=O)c2ccccc2)c1. The smallest absolute Gasteiger partial charge is 0.264 e. The van der Waals surface area contributed by atoms with E-state index in [2.05, 4.69) is 5.32 Å². The van der Waals surface area contributed by atoms with Crippen molar-refractivity contribution in [2.45, 2.75) is 11.5 Å². The number of nitrogens with zero attached hydrogens (tertiary/aromatic N) is 1. The molecule has 3 rings (SSSR count). The molecule has 0 atom stereocenters. The van der Waals surface area contributed by atoms with Gasteiger partial charge < -0.3 is 10.1 Å². The van der Waals surface area contributed by atoms with Crippen LogP contribution in [0.5, 0.6) is 0 Å². The molecule has 1 amide bonds. The Balaban J connectivity index is 1.86. The number of carbonyl (C=O) groups excluding carboxylic acids is 1. The van der Waals surface area contributed by atoms with Crippen LogP contribution in [0.2, 0.25) is 0 Å². The number of benzene rings is 3. The van der Waals surface area contributed by atoms with Crippen molar-refractivity contribution in [3.05, 3.63) is 90.5 Å². The molecule has 0 heterocycles. The highest BCUT2D eigenvalue weighted by Crippen LogP contribution is 2.23. The van der Waals surface area contributed by atoms with E-state index >= 15 is 0 Å². The third-order valence-electron chi connectivity index (χ3n) is 4.18. The van der Waals surface area contributed by atoms with E-state index in [1.165, 1.54) is 12.1 Å². The number of rotatable bonds is 8. The van der Waals surface area contributed by atoms with Crippen LogP contribution < -0.4 is 9.62 Å². The van der Waals surface area contributed by atoms with Gasteiger partial charge in [-0.3, -0.25) is 9.10 Å². The van der Waals surface area contributed by atoms with Gasteiger partial charge in [0.25, 0.3) is 10.0 Å². The van der Waals surface area contributed by atoms with E-state index in [1.807, 2.05) is 6.07 Å². The topological polar surface area (TPSA) is 75.7 Å². The van der Waals surface area contributed by atoms with Gasteiger partial charge in [0.1, 0.15) is 6.54 Å². The fraction of sp³-hybridized carbons (Fsp3) is 0.136. The summed E-state index contributed by atoms with van der Waals surface area (Å²) in [5, 5.41) is 2.76. The lowest BCUT2D eigenvalue weighted by Crippen LogP contribution is -2.38. The second-order valence-electron chi connectivity index (χ2n) is 6.34. The summed E-state index contributed by atoms with van der Waals surface area (Å²) >= 11 is 0. The van der Waals surface area contributed by atoms with Gasteiger partial charge >= 0.3 is 0 Å². The Bertz CT molecular complexity index is 1050. The van der Waals surface area contributed by atoms with Gasteiger partial charge in [0.05, 0.1) is 17.2 Å². The first-order chi connectivity index (χ1) is 14.0. The third kappa shape index (κ3) is 5.22. The lowest BCUT2D eigenvalue weighted by molar-refractivity contribution is -0.114. The standard InChI is InChI=1S/C22H22N2O4S/c1-28-17-18-9-8-10-19(15-18)23-22(25)16-24(20-11-4-2-5-12-20)29(26,27)21-13-6-3-7-14-21/h2-15H,16-17H2,1H3,(H,23,25). The molecule has 6 nitrogen and oxygen atoms in total. The predicted molar refractivity (Wildman–Crippen MR) is 113 cm³/mol. The van der Waals surface area contributed by atoms with E-state index in [-0.39, 0.29) is 11.4 Å². The summed E-state index contributed by atoms with van der Waals surface area (Å²) in [5.41, 5.74) is 1.90. The number of carbonyl (C=O) groups is 1. The van der Waals surface area contributed by atoms with Gasteiger partial charge in [-0.15, -0.1) is 0 Å². The van der Waals surface area contributed by atoms with Crippen LogP contribution in [-0.4, -0.2) is 28.0 Å². The number of sulfonamides is 1. The summed E-state index contributed by atoms with van der Waals surface area (Å²) in [6, 6.07) is 23.9. The number of hydrogen-bond donors (Lipinski definition) is 1. The molecule has 0 unspecified atom stereocenters. The maximum atomic E-state index is 13.2. The van der Waals surface area contributed by atoms with Gasteiger partial charge in [-0.25, -0.2) is 8.42 Å². The van der Waals surface area contributed by atoms with Crippen molar-refractivity contribution >= 4 is 27.3 Å². The molecule has 29 heavy (non-hydrogen) atoms. The lowest BCUT2D eigenvalue weighted by Gasteiger charge is -2.24. The molecule has 0 aromatic heterocycles. The first-order valence-corrected chi connectivity index (χ1v) is 10.5. The number of nitrogens with one attached hydrogen (secondary N) is 1. The minimum Gasteiger partial charge on any atom is -0.380 e. The maximum absolute atomic E-state index is 13.2. The van der Waals surface area contributed by atoms with Gasteiger partial charge in [0.2, 0.25) is 5.91 Å². The molecule has 7 heteroatoms. The molecular formula is C22H22N2O4S. The molecule has 0 aliphatic rings.